The molecular formula is C64H106O6. The molecular weight excluding hydrogens is 865 g/mol. The summed E-state index contributed by atoms with van der Waals surface area (Å²) in [4.78, 5) is 37.9. The van der Waals surface area contributed by atoms with Crippen LogP contribution in [0, 0.1) is 0 Å². The second-order valence-corrected chi connectivity index (χ2v) is 18.8. The Bertz CT molecular complexity index is 1440. The van der Waals surface area contributed by atoms with E-state index in [9.17, 15) is 14.4 Å². The van der Waals surface area contributed by atoms with Crippen molar-refractivity contribution in [3.8, 4) is 0 Å². The van der Waals surface area contributed by atoms with Crippen LogP contribution in [0.3, 0.4) is 0 Å². The Labute approximate surface area is 431 Å². The summed E-state index contributed by atoms with van der Waals surface area (Å²) >= 11 is 0. The van der Waals surface area contributed by atoms with Crippen molar-refractivity contribution in [3.05, 3.63) is 109 Å². The Hall–Kier alpha value is -3.93. The molecule has 1 atom stereocenters. The molecule has 0 N–H and O–H groups in total. The highest BCUT2D eigenvalue weighted by Gasteiger charge is 2.19. The van der Waals surface area contributed by atoms with E-state index in [1.807, 2.05) is 0 Å². The number of hydrogen-bond acceptors (Lipinski definition) is 6. The minimum atomic E-state index is -0.795. The lowest BCUT2D eigenvalue weighted by Crippen LogP contribution is -2.30. The number of rotatable bonds is 51. The van der Waals surface area contributed by atoms with Gasteiger partial charge in [-0.2, -0.15) is 0 Å². The predicted octanol–water partition coefficient (Wildman–Crippen LogP) is 19.5. The van der Waals surface area contributed by atoms with Crippen molar-refractivity contribution < 1.29 is 28.6 Å². The summed E-state index contributed by atoms with van der Waals surface area (Å²) in [6.07, 6.45) is 78.3. The average Bonchev–Trinajstić information content (AvgIpc) is 3.36. The third-order valence-corrected chi connectivity index (χ3v) is 12.0. The molecule has 0 aromatic carbocycles. The largest absolute Gasteiger partial charge is 0.462 e. The van der Waals surface area contributed by atoms with Crippen LogP contribution in [0.2, 0.25) is 0 Å². The SMILES string of the molecule is CC/C=C\C/C=C\C/C=C\C/C=C\C/C=C\C/C=C\C/C=C\C/C=C\CCCCC(=O)OCC(COC(=O)CCCCCCCC)OC(=O)CCCCCCCCCCC/C=C\CCCCCCCC. The van der Waals surface area contributed by atoms with Gasteiger partial charge in [0.15, 0.2) is 6.10 Å². The number of carbonyl (C=O) groups excluding carboxylic acids is 3. The Morgan fingerprint density at radius 2 is 0.557 bits per heavy atom. The van der Waals surface area contributed by atoms with Gasteiger partial charge in [-0.15, -0.1) is 0 Å². The maximum atomic E-state index is 12.8. The molecule has 0 fully saturated rings. The topological polar surface area (TPSA) is 78.9 Å². The molecule has 398 valence electrons. The summed E-state index contributed by atoms with van der Waals surface area (Å²) in [5.41, 5.74) is 0. The highest BCUT2D eigenvalue weighted by molar-refractivity contribution is 5.71. The van der Waals surface area contributed by atoms with Crippen molar-refractivity contribution >= 4 is 17.9 Å². The Kier molecular flexibility index (Phi) is 54.4. The third kappa shape index (κ3) is 55.0. The van der Waals surface area contributed by atoms with E-state index >= 15 is 0 Å². The van der Waals surface area contributed by atoms with Crippen molar-refractivity contribution in [2.24, 2.45) is 0 Å². The van der Waals surface area contributed by atoms with Crippen LogP contribution in [0.4, 0.5) is 0 Å². The van der Waals surface area contributed by atoms with Gasteiger partial charge in [-0.05, 0) is 109 Å². The second kappa shape index (κ2) is 57.6. The molecule has 0 rings (SSSR count). The van der Waals surface area contributed by atoms with E-state index in [1.54, 1.807) is 0 Å². The van der Waals surface area contributed by atoms with Crippen molar-refractivity contribution in [3.63, 3.8) is 0 Å². The van der Waals surface area contributed by atoms with E-state index in [1.165, 1.54) is 109 Å². The first kappa shape index (κ1) is 66.1. The van der Waals surface area contributed by atoms with Crippen molar-refractivity contribution in [2.45, 2.75) is 264 Å². The molecule has 0 aliphatic heterocycles. The fourth-order valence-corrected chi connectivity index (χ4v) is 7.69. The molecule has 0 bridgehead atoms. The zero-order valence-electron chi connectivity index (χ0n) is 45.5. The van der Waals surface area contributed by atoms with Crippen LogP contribution >= 0.6 is 0 Å². The molecule has 0 aromatic rings. The highest BCUT2D eigenvalue weighted by Crippen LogP contribution is 2.14. The Balaban J connectivity index is 4.26. The van der Waals surface area contributed by atoms with Crippen LogP contribution < -0.4 is 0 Å². The van der Waals surface area contributed by atoms with Gasteiger partial charge in [-0.25, -0.2) is 0 Å². The quantitative estimate of drug-likeness (QED) is 0.0262. The summed E-state index contributed by atoms with van der Waals surface area (Å²) < 4.78 is 16.7. The molecule has 0 amide bonds. The van der Waals surface area contributed by atoms with E-state index in [-0.39, 0.29) is 31.1 Å². The lowest BCUT2D eigenvalue weighted by molar-refractivity contribution is -0.167. The molecule has 0 spiro atoms. The first-order chi connectivity index (χ1) is 34.5. The maximum Gasteiger partial charge on any atom is 0.306 e. The Morgan fingerprint density at radius 3 is 0.914 bits per heavy atom. The van der Waals surface area contributed by atoms with Gasteiger partial charge >= 0.3 is 17.9 Å². The van der Waals surface area contributed by atoms with Gasteiger partial charge in [0.05, 0.1) is 0 Å². The minimum Gasteiger partial charge on any atom is -0.462 e. The van der Waals surface area contributed by atoms with Crippen molar-refractivity contribution in [1.29, 1.82) is 0 Å². The van der Waals surface area contributed by atoms with E-state index in [0.717, 1.165) is 109 Å². The fourth-order valence-electron chi connectivity index (χ4n) is 7.69. The van der Waals surface area contributed by atoms with Crippen LogP contribution in [0.5, 0.6) is 0 Å². The number of esters is 3. The lowest BCUT2D eigenvalue weighted by Gasteiger charge is -2.18. The summed E-state index contributed by atoms with van der Waals surface area (Å²) in [5, 5.41) is 0. The van der Waals surface area contributed by atoms with Gasteiger partial charge in [-0.1, -0.05) is 239 Å². The molecule has 0 heterocycles. The lowest BCUT2D eigenvalue weighted by atomic mass is 10.1. The van der Waals surface area contributed by atoms with Crippen molar-refractivity contribution in [2.75, 3.05) is 13.2 Å². The third-order valence-electron chi connectivity index (χ3n) is 12.0. The molecule has 70 heavy (non-hydrogen) atoms. The molecule has 0 saturated carbocycles. The van der Waals surface area contributed by atoms with Crippen LogP contribution in [-0.2, 0) is 28.6 Å². The second-order valence-electron chi connectivity index (χ2n) is 18.8. The van der Waals surface area contributed by atoms with Gasteiger partial charge < -0.3 is 14.2 Å². The minimum absolute atomic E-state index is 0.0935. The number of allylic oxidation sites excluding steroid dienone is 18. The first-order valence-corrected chi connectivity index (χ1v) is 28.9. The molecule has 0 aliphatic carbocycles. The van der Waals surface area contributed by atoms with Gasteiger partial charge in [-0.3, -0.25) is 14.4 Å². The zero-order valence-corrected chi connectivity index (χ0v) is 45.5. The van der Waals surface area contributed by atoms with Crippen molar-refractivity contribution in [1.82, 2.24) is 0 Å². The fraction of sp³-hybridized carbons (Fsp3) is 0.672. The van der Waals surface area contributed by atoms with E-state index in [2.05, 4.69) is 130 Å². The van der Waals surface area contributed by atoms with Gasteiger partial charge in [0, 0.05) is 19.3 Å². The highest BCUT2D eigenvalue weighted by atomic mass is 16.6. The molecule has 0 saturated heterocycles. The summed E-state index contributed by atoms with van der Waals surface area (Å²) in [7, 11) is 0. The predicted molar refractivity (Wildman–Crippen MR) is 302 cm³/mol. The normalized spacial score (nSPS) is 12.9. The van der Waals surface area contributed by atoms with Gasteiger partial charge in [0.1, 0.15) is 13.2 Å². The molecule has 6 nitrogen and oxygen atoms in total. The Morgan fingerprint density at radius 1 is 0.300 bits per heavy atom. The van der Waals surface area contributed by atoms with Gasteiger partial charge in [0.2, 0.25) is 0 Å². The number of hydrogen-bond donors (Lipinski definition) is 0. The molecule has 1 unspecified atom stereocenters. The van der Waals surface area contributed by atoms with E-state index in [4.69, 9.17) is 14.2 Å². The van der Waals surface area contributed by atoms with Gasteiger partial charge in [0.25, 0.3) is 0 Å². The average molecular weight is 972 g/mol. The standard InChI is InChI=1S/C64H106O6/c1-4-7-10-13-16-18-20-22-24-26-28-29-30-31-32-33-34-35-37-38-40-42-44-46-48-51-54-57-63(66)69-60-61(59-68-62(65)56-53-50-15-12-9-6-3)70-64(67)58-55-52-49-47-45-43-41-39-36-27-25-23-21-19-17-14-11-8-5-2/h7,10,16,18,22-25,28-29,31-32,34-35,38,40,44,46,61H,4-6,8-9,11-15,17,19-21,26-27,30,33,36-37,39,41-43,45,47-60H2,1-3H3/b10-7-,18-16-,24-22-,25-23-,29-28-,32-31-,35-34-,40-38-,46-44-. The van der Waals surface area contributed by atoms with E-state index < -0.39 is 6.10 Å². The maximum absolute atomic E-state index is 12.8. The molecule has 0 aromatic heterocycles. The van der Waals surface area contributed by atoms with Crippen LogP contribution in [0.25, 0.3) is 0 Å². The number of unbranched alkanes of at least 4 members (excludes halogenated alkanes) is 22. The van der Waals surface area contributed by atoms with Crippen LogP contribution in [-0.4, -0.2) is 37.2 Å². The number of carbonyl (C=O) groups is 3. The summed E-state index contributed by atoms with van der Waals surface area (Å²) in [6.45, 7) is 6.42. The smallest absolute Gasteiger partial charge is 0.306 e. The zero-order chi connectivity index (χ0) is 50.7. The molecule has 0 radical (unpaired) electrons. The summed E-state index contributed by atoms with van der Waals surface area (Å²) in [5.74, 6) is -0.951. The van der Waals surface area contributed by atoms with Crippen LogP contribution in [0.1, 0.15) is 258 Å². The van der Waals surface area contributed by atoms with Crippen LogP contribution in [0.15, 0.2) is 109 Å². The molecule has 6 heteroatoms. The van der Waals surface area contributed by atoms with E-state index in [0.29, 0.717) is 19.3 Å². The monoisotopic (exact) mass is 971 g/mol. The number of ether oxygens (including phenoxy) is 3. The first-order valence-electron chi connectivity index (χ1n) is 28.9. The molecule has 0 aliphatic rings. The summed E-state index contributed by atoms with van der Waals surface area (Å²) in [6, 6.07) is 0.